The average molecular weight is 290 g/mol. The maximum Gasteiger partial charge on any atom is 0.333 e. The van der Waals surface area contributed by atoms with Crippen molar-refractivity contribution >= 4 is 11.9 Å². The lowest BCUT2D eigenvalue weighted by Gasteiger charge is -2.26. The molecule has 5 nitrogen and oxygen atoms in total. The summed E-state index contributed by atoms with van der Waals surface area (Å²) in [5.74, 6) is -0.442. The van der Waals surface area contributed by atoms with Crippen molar-refractivity contribution in [1.29, 1.82) is 0 Å². The van der Waals surface area contributed by atoms with Crippen LogP contribution in [0.25, 0.3) is 0 Å². The topological polar surface area (TPSA) is 58.6 Å². The fourth-order valence-corrected chi connectivity index (χ4v) is 2.71. The first-order chi connectivity index (χ1) is 10.0. The molecule has 0 bridgehead atoms. The zero-order valence-corrected chi connectivity index (χ0v) is 12.7. The molecule has 0 spiro atoms. The second kappa shape index (κ2) is 6.72. The van der Waals surface area contributed by atoms with Crippen LogP contribution in [0.4, 0.5) is 0 Å². The van der Waals surface area contributed by atoms with Crippen LogP contribution in [0, 0.1) is 0 Å². The molecular weight excluding hydrogens is 268 g/mol. The molecule has 1 amide bonds. The third kappa shape index (κ3) is 3.42. The fourth-order valence-electron chi connectivity index (χ4n) is 2.71. The van der Waals surface area contributed by atoms with Gasteiger partial charge in [0.05, 0.1) is 13.2 Å². The molecule has 1 heterocycles. The molecule has 1 aliphatic heterocycles. The third-order valence-corrected chi connectivity index (χ3v) is 3.63. The van der Waals surface area contributed by atoms with E-state index >= 15 is 0 Å². The predicted molar refractivity (Wildman–Crippen MR) is 79.6 cm³/mol. The third-order valence-electron chi connectivity index (χ3n) is 3.63. The number of hydrogen-bond donors (Lipinski definition) is 1. The van der Waals surface area contributed by atoms with Crippen LogP contribution in [0.15, 0.2) is 30.3 Å². The van der Waals surface area contributed by atoms with E-state index in [1.807, 2.05) is 44.2 Å². The molecule has 1 fully saturated rings. The van der Waals surface area contributed by atoms with E-state index in [0.29, 0.717) is 13.0 Å². The molecule has 114 valence electrons. The number of carbonyl (C=O) groups excluding carboxylic acids is 2. The van der Waals surface area contributed by atoms with Gasteiger partial charge in [-0.1, -0.05) is 44.2 Å². The standard InChI is InChI=1S/C16H22N2O3/c1-11(2)17-13-9-10-18(15(13)19)14(16(20)21-3)12-7-5-4-6-8-12/h4-8,11,13-14,17H,9-10H2,1-3H3. The van der Waals surface area contributed by atoms with Gasteiger partial charge >= 0.3 is 5.97 Å². The van der Waals surface area contributed by atoms with Crippen LogP contribution in [0.5, 0.6) is 0 Å². The van der Waals surface area contributed by atoms with Crippen LogP contribution in [-0.4, -0.2) is 42.5 Å². The van der Waals surface area contributed by atoms with Crippen LogP contribution in [-0.2, 0) is 14.3 Å². The summed E-state index contributed by atoms with van der Waals surface area (Å²) in [7, 11) is 1.35. The number of amides is 1. The van der Waals surface area contributed by atoms with E-state index in [1.165, 1.54) is 7.11 Å². The first-order valence-electron chi connectivity index (χ1n) is 7.24. The van der Waals surface area contributed by atoms with Crippen molar-refractivity contribution in [3.63, 3.8) is 0 Å². The molecule has 1 aliphatic rings. The zero-order chi connectivity index (χ0) is 15.4. The Balaban J connectivity index is 2.23. The number of likely N-dealkylation sites (tertiary alicyclic amines) is 1. The second-order valence-electron chi connectivity index (χ2n) is 5.53. The predicted octanol–water partition coefficient (Wildman–Crippen LogP) is 1.50. The monoisotopic (exact) mass is 290 g/mol. The Kier molecular flexibility index (Phi) is 4.96. The van der Waals surface area contributed by atoms with E-state index in [9.17, 15) is 9.59 Å². The Bertz CT molecular complexity index is 502. The molecule has 0 aromatic heterocycles. The zero-order valence-electron chi connectivity index (χ0n) is 12.7. The lowest BCUT2D eigenvalue weighted by atomic mass is 10.1. The minimum atomic E-state index is -0.664. The summed E-state index contributed by atoms with van der Waals surface area (Å²) in [5, 5.41) is 3.24. The molecule has 1 aromatic rings. The van der Waals surface area contributed by atoms with Crippen molar-refractivity contribution in [3.8, 4) is 0 Å². The molecule has 1 N–H and O–H groups in total. The number of rotatable bonds is 5. The number of esters is 1. The normalized spacial score (nSPS) is 19.9. The Morgan fingerprint density at radius 1 is 1.33 bits per heavy atom. The molecule has 0 saturated carbocycles. The van der Waals surface area contributed by atoms with Crippen molar-refractivity contribution in [3.05, 3.63) is 35.9 Å². The Morgan fingerprint density at radius 3 is 2.57 bits per heavy atom. The molecule has 5 heteroatoms. The van der Waals surface area contributed by atoms with Crippen molar-refractivity contribution in [2.75, 3.05) is 13.7 Å². The molecule has 0 radical (unpaired) electrons. The SMILES string of the molecule is COC(=O)C(c1ccccc1)N1CCC(NC(C)C)C1=O. The number of ether oxygens (including phenoxy) is 1. The molecule has 2 rings (SSSR count). The van der Waals surface area contributed by atoms with E-state index < -0.39 is 12.0 Å². The minimum Gasteiger partial charge on any atom is -0.467 e. The number of carbonyl (C=O) groups is 2. The van der Waals surface area contributed by atoms with Gasteiger partial charge in [-0.3, -0.25) is 4.79 Å². The van der Waals surface area contributed by atoms with E-state index in [4.69, 9.17) is 4.74 Å². The molecule has 21 heavy (non-hydrogen) atoms. The van der Waals surface area contributed by atoms with Crippen LogP contribution in [0.1, 0.15) is 31.9 Å². The Hall–Kier alpha value is -1.88. The van der Waals surface area contributed by atoms with Gasteiger partial charge in [-0.2, -0.15) is 0 Å². The van der Waals surface area contributed by atoms with E-state index in [-0.39, 0.29) is 18.0 Å². The summed E-state index contributed by atoms with van der Waals surface area (Å²) in [6.45, 7) is 4.56. The molecule has 2 unspecified atom stereocenters. The summed E-state index contributed by atoms with van der Waals surface area (Å²) in [6, 6.07) is 8.63. The lowest BCUT2D eigenvalue weighted by molar-refractivity contribution is -0.151. The lowest BCUT2D eigenvalue weighted by Crippen LogP contribution is -2.44. The van der Waals surface area contributed by atoms with Gasteiger partial charge in [-0.25, -0.2) is 4.79 Å². The van der Waals surface area contributed by atoms with E-state index in [1.54, 1.807) is 4.90 Å². The van der Waals surface area contributed by atoms with Gasteiger partial charge in [-0.05, 0) is 12.0 Å². The highest BCUT2D eigenvalue weighted by Crippen LogP contribution is 2.27. The van der Waals surface area contributed by atoms with E-state index in [2.05, 4.69) is 5.32 Å². The quantitative estimate of drug-likeness (QED) is 0.835. The summed E-state index contributed by atoms with van der Waals surface area (Å²) in [6.07, 6.45) is 0.706. The van der Waals surface area contributed by atoms with Crippen LogP contribution < -0.4 is 5.32 Å². The van der Waals surface area contributed by atoms with Gasteiger partial charge in [0.15, 0.2) is 6.04 Å². The maximum atomic E-state index is 12.5. The van der Waals surface area contributed by atoms with Crippen molar-refractivity contribution in [1.82, 2.24) is 10.2 Å². The van der Waals surface area contributed by atoms with E-state index in [0.717, 1.165) is 5.56 Å². The molecule has 2 atom stereocenters. The van der Waals surface area contributed by atoms with Gasteiger partial charge < -0.3 is 15.0 Å². The van der Waals surface area contributed by atoms with Crippen LogP contribution in [0.3, 0.4) is 0 Å². The Morgan fingerprint density at radius 2 is 2.00 bits per heavy atom. The smallest absolute Gasteiger partial charge is 0.333 e. The number of nitrogens with one attached hydrogen (secondary N) is 1. The van der Waals surface area contributed by atoms with Gasteiger partial charge in [0.25, 0.3) is 0 Å². The highest BCUT2D eigenvalue weighted by molar-refractivity contribution is 5.89. The summed E-state index contributed by atoms with van der Waals surface area (Å²) >= 11 is 0. The summed E-state index contributed by atoms with van der Waals surface area (Å²) < 4.78 is 4.89. The van der Waals surface area contributed by atoms with Crippen molar-refractivity contribution in [2.24, 2.45) is 0 Å². The van der Waals surface area contributed by atoms with Gasteiger partial charge in [0, 0.05) is 12.6 Å². The highest BCUT2D eigenvalue weighted by Gasteiger charge is 2.40. The second-order valence-corrected chi connectivity index (χ2v) is 5.53. The van der Waals surface area contributed by atoms with Gasteiger partial charge in [0.2, 0.25) is 5.91 Å². The maximum absolute atomic E-state index is 12.5. The number of benzene rings is 1. The molecular formula is C16H22N2O3. The average Bonchev–Trinajstić information content (AvgIpc) is 2.81. The van der Waals surface area contributed by atoms with Crippen molar-refractivity contribution < 1.29 is 14.3 Å². The summed E-state index contributed by atoms with van der Waals surface area (Å²) in [4.78, 5) is 26.3. The first-order valence-corrected chi connectivity index (χ1v) is 7.24. The Labute approximate surface area is 125 Å². The fraction of sp³-hybridized carbons (Fsp3) is 0.500. The minimum absolute atomic E-state index is 0.0389. The molecule has 1 aromatic carbocycles. The molecule has 1 saturated heterocycles. The van der Waals surface area contributed by atoms with Gasteiger partial charge in [-0.15, -0.1) is 0 Å². The summed E-state index contributed by atoms with van der Waals surface area (Å²) in [5.41, 5.74) is 0.780. The number of nitrogens with zero attached hydrogens (tertiary/aromatic N) is 1. The first kappa shape index (κ1) is 15.5. The van der Waals surface area contributed by atoms with Gasteiger partial charge in [0.1, 0.15) is 0 Å². The van der Waals surface area contributed by atoms with Crippen LogP contribution in [0.2, 0.25) is 0 Å². The molecule has 0 aliphatic carbocycles. The highest BCUT2D eigenvalue weighted by atomic mass is 16.5. The largest absolute Gasteiger partial charge is 0.467 e. The number of methoxy groups -OCH3 is 1. The number of hydrogen-bond acceptors (Lipinski definition) is 4. The van der Waals surface area contributed by atoms with Crippen LogP contribution >= 0.6 is 0 Å². The van der Waals surface area contributed by atoms with Crippen molar-refractivity contribution in [2.45, 2.75) is 38.4 Å².